The molecule has 0 radical (unpaired) electrons. The Hall–Kier alpha value is -3.88. The summed E-state index contributed by atoms with van der Waals surface area (Å²) >= 11 is 0. The van der Waals surface area contributed by atoms with Crippen molar-refractivity contribution in [2.45, 2.75) is 13.0 Å². The van der Waals surface area contributed by atoms with Gasteiger partial charge in [-0.15, -0.1) is 10.2 Å². The molecule has 4 aromatic rings. The lowest BCUT2D eigenvalue weighted by atomic mass is 10.1. The number of aromatic nitrogens is 6. The molecular weight excluding hydrogens is 346 g/mol. The first-order valence-corrected chi connectivity index (χ1v) is 8.21. The summed E-state index contributed by atoms with van der Waals surface area (Å²) in [4.78, 5) is 21.1. The Kier molecular flexibility index (Phi) is 4.40. The van der Waals surface area contributed by atoms with Gasteiger partial charge in [-0.3, -0.25) is 14.3 Å². The van der Waals surface area contributed by atoms with Gasteiger partial charge in [-0.05, 0) is 37.3 Å². The third-order valence-corrected chi connectivity index (χ3v) is 3.88. The van der Waals surface area contributed by atoms with E-state index in [-0.39, 0.29) is 5.91 Å². The summed E-state index contributed by atoms with van der Waals surface area (Å²) < 4.78 is 6.98. The van der Waals surface area contributed by atoms with Gasteiger partial charge in [-0.2, -0.15) is 4.98 Å². The molecular formula is C18H15N7O2. The molecule has 0 aliphatic heterocycles. The summed E-state index contributed by atoms with van der Waals surface area (Å²) in [5, 5.41) is 14.3. The van der Waals surface area contributed by atoms with Crippen LogP contribution in [0.5, 0.6) is 0 Å². The number of nitrogens with one attached hydrogen (secondary N) is 1. The fraction of sp³-hybridized carbons (Fsp3) is 0.111. The molecule has 27 heavy (non-hydrogen) atoms. The zero-order valence-corrected chi connectivity index (χ0v) is 14.4. The average Bonchev–Trinajstić information content (AvgIpc) is 3.41. The van der Waals surface area contributed by atoms with Crippen molar-refractivity contribution in [1.29, 1.82) is 0 Å². The van der Waals surface area contributed by atoms with Crippen molar-refractivity contribution in [3.63, 3.8) is 0 Å². The minimum atomic E-state index is -0.457. The Balaban J connectivity index is 1.49. The number of hydrogen-bond donors (Lipinski definition) is 1. The largest absolute Gasteiger partial charge is 0.341 e. The van der Waals surface area contributed by atoms with Crippen molar-refractivity contribution in [2.75, 3.05) is 0 Å². The molecule has 0 unspecified atom stereocenters. The van der Waals surface area contributed by atoms with E-state index >= 15 is 0 Å². The minimum Gasteiger partial charge on any atom is -0.341 e. The van der Waals surface area contributed by atoms with E-state index in [9.17, 15) is 4.79 Å². The van der Waals surface area contributed by atoms with E-state index in [0.717, 1.165) is 5.69 Å². The molecule has 1 atom stereocenters. The van der Waals surface area contributed by atoms with Crippen molar-refractivity contribution < 1.29 is 9.32 Å². The molecule has 3 aromatic heterocycles. The van der Waals surface area contributed by atoms with E-state index in [1.54, 1.807) is 60.7 Å². The van der Waals surface area contributed by atoms with Crippen LogP contribution in [0.4, 0.5) is 0 Å². The van der Waals surface area contributed by atoms with Crippen LogP contribution in [0.2, 0.25) is 0 Å². The molecule has 0 aliphatic rings. The molecule has 0 bridgehead atoms. The van der Waals surface area contributed by atoms with Gasteiger partial charge < -0.3 is 9.84 Å². The summed E-state index contributed by atoms with van der Waals surface area (Å²) in [5.41, 5.74) is 1.89. The van der Waals surface area contributed by atoms with Gasteiger partial charge in [0.1, 0.15) is 24.4 Å². The van der Waals surface area contributed by atoms with Crippen LogP contribution < -0.4 is 5.32 Å². The Morgan fingerprint density at radius 1 is 1.15 bits per heavy atom. The smallest absolute Gasteiger partial charge is 0.251 e. The van der Waals surface area contributed by atoms with Gasteiger partial charge in [0.15, 0.2) is 0 Å². The van der Waals surface area contributed by atoms with Crippen LogP contribution in [0.25, 0.3) is 17.2 Å². The second-order valence-corrected chi connectivity index (χ2v) is 5.79. The highest BCUT2D eigenvalue weighted by Crippen LogP contribution is 2.17. The van der Waals surface area contributed by atoms with Crippen LogP contribution in [0.3, 0.4) is 0 Å². The second-order valence-electron chi connectivity index (χ2n) is 5.79. The number of rotatable bonds is 5. The quantitative estimate of drug-likeness (QED) is 0.580. The van der Waals surface area contributed by atoms with Gasteiger partial charge in [0.05, 0.1) is 0 Å². The van der Waals surface area contributed by atoms with Crippen LogP contribution in [-0.4, -0.2) is 35.8 Å². The maximum atomic E-state index is 12.6. The molecule has 1 amide bonds. The molecule has 1 aromatic carbocycles. The normalized spacial score (nSPS) is 11.9. The lowest BCUT2D eigenvalue weighted by Crippen LogP contribution is -2.27. The summed E-state index contributed by atoms with van der Waals surface area (Å²) in [6.07, 6.45) is 4.79. The number of carbonyl (C=O) groups is 1. The number of carbonyl (C=O) groups excluding carboxylic acids is 1. The number of nitrogens with zero attached hydrogens (tertiary/aromatic N) is 6. The lowest BCUT2D eigenvalue weighted by Gasteiger charge is -2.10. The molecule has 0 saturated heterocycles. The molecule has 3 heterocycles. The molecule has 0 fully saturated rings. The molecule has 1 N–H and O–H groups in total. The Labute approximate surface area is 154 Å². The molecule has 9 heteroatoms. The van der Waals surface area contributed by atoms with Crippen molar-refractivity contribution in [2.24, 2.45) is 0 Å². The van der Waals surface area contributed by atoms with Crippen molar-refractivity contribution in [3.8, 4) is 17.2 Å². The summed E-state index contributed by atoms with van der Waals surface area (Å²) in [6.45, 7) is 1.78. The zero-order valence-electron chi connectivity index (χ0n) is 14.4. The van der Waals surface area contributed by atoms with Crippen molar-refractivity contribution >= 4 is 5.91 Å². The van der Waals surface area contributed by atoms with Crippen molar-refractivity contribution in [3.05, 3.63) is 72.8 Å². The highest BCUT2D eigenvalue weighted by atomic mass is 16.5. The number of amides is 1. The molecule has 134 valence electrons. The minimum absolute atomic E-state index is 0.255. The van der Waals surface area contributed by atoms with Gasteiger partial charge in [-0.1, -0.05) is 17.3 Å². The average molecular weight is 361 g/mol. The summed E-state index contributed by atoms with van der Waals surface area (Å²) in [7, 11) is 0. The van der Waals surface area contributed by atoms with Gasteiger partial charge >= 0.3 is 0 Å². The van der Waals surface area contributed by atoms with E-state index < -0.39 is 6.04 Å². The fourth-order valence-corrected chi connectivity index (χ4v) is 2.49. The second kappa shape index (κ2) is 7.16. The number of hydrogen-bond acceptors (Lipinski definition) is 7. The predicted octanol–water partition coefficient (Wildman–Crippen LogP) is 2.20. The zero-order chi connectivity index (χ0) is 18.6. The van der Waals surface area contributed by atoms with Gasteiger partial charge in [-0.25, -0.2) is 0 Å². The fourth-order valence-electron chi connectivity index (χ4n) is 2.49. The molecule has 9 nitrogen and oxygen atoms in total. The maximum Gasteiger partial charge on any atom is 0.251 e. The number of benzene rings is 1. The number of pyridine rings is 1. The SMILES string of the molecule is C[C@@H](NC(=O)c1cccc(-n2cnnc2)c1)c1nc(-c2ccccn2)no1. The maximum absolute atomic E-state index is 12.6. The lowest BCUT2D eigenvalue weighted by molar-refractivity contribution is 0.0932. The van der Waals surface area contributed by atoms with Crippen LogP contribution in [0.1, 0.15) is 29.2 Å². The summed E-state index contributed by atoms with van der Waals surface area (Å²) in [5.74, 6) is 0.426. The third-order valence-electron chi connectivity index (χ3n) is 3.88. The predicted molar refractivity (Wildman–Crippen MR) is 94.8 cm³/mol. The van der Waals surface area contributed by atoms with Crippen LogP contribution in [0, 0.1) is 0 Å². The van der Waals surface area contributed by atoms with Crippen LogP contribution in [-0.2, 0) is 0 Å². The monoisotopic (exact) mass is 361 g/mol. The van der Waals surface area contributed by atoms with Crippen LogP contribution >= 0.6 is 0 Å². The van der Waals surface area contributed by atoms with E-state index in [0.29, 0.717) is 23.0 Å². The first-order valence-electron chi connectivity index (χ1n) is 8.21. The Morgan fingerprint density at radius 2 is 2.00 bits per heavy atom. The van der Waals surface area contributed by atoms with E-state index in [2.05, 4.69) is 30.6 Å². The Morgan fingerprint density at radius 3 is 2.78 bits per heavy atom. The van der Waals surface area contributed by atoms with Crippen LogP contribution in [0.15, 0.2) is 65.8 Å². The standard InChI is InChI=1S/C18H15N7O2/c1-12(18-23-16(24-27-18)15-7-2-3-8-19-15)22-17(26)13-5-4-6-14(9-13)25-10-20-21-11-25/h2-12H,1H3,(H,22,26)/t12-/m1/s1. The molecule has 0 spiro atoms. The highest BCUT2D eigenvalue weighted by molar-refractivity contribution is 5.94. The first kappa shape index (κ1) is 16.6. The highest BCUT2D eigenvalue weighted by Gasteiger charge is 2.18. The topological polar surface area (TPSA) is 112 Å². The molecule has 0 saturated carbocycles. The van der Waals surface area contributed by atoms with Gasteiger partial charge in [0.25, 0.3) is 5.91 Å². The molecule has 0 aliphatic carbocycles. The van der Waals surface area contributed by atoms with Gasteiger partial charge in [0, 0.05) is 17.4 Å². The Bertz CT molecular complexity index is 1040. The molecule has 4 rings (SSSR count). The van der Waals surface area contributed by atoms with Gasteiger partial charge in [0.2, 0.25) is 11.7 Å². The third kappa shape index (κ3) is 3.56. The summed E-state index contributed by atoms with van der Waals surface area (Å²) in [6, 6.07) is 12.1. The first-order chi connectivity index (χ1) is 13.2. The van der Waals surface area contributed by atoms with E-state index in [1.807, 2.05) is 12.1 Å². The van der Waals surface area contributed by atoms with E-state index in [1.165, 1.54) is 0 Å². The van der Waals surface area contributed by atoms with E-state index in [4.69, 9.17) is 4.52 Å². The van der Waals surface area contributed by atoms with Crippen molar-refractivity contribution in [1.82, 2.24) is 35.2 Å².